The highest BCUT2D eigenvalue weighted by Gasteiger charge is 2.18. The first-order valence-electron chi connectivity index (χ1n) is 13.2. The van der Waals surface area contributed by atoms with Gasteiger partial charge in [0.1, 0.15) is 11.5 Å². The highest BCUT2D eigenvalue weighted by atomic mass is 32.2. The smallest absolute Gasteiger partial charge is 0.251 e. The summed E-state index contributed by atoms with van der Waals surface area (Å²) in [6, 6.07) is 28.8. The van der Waals surface area contributed by atoms with Crippen LogP contribution in [0.1, 0.15) is 21.5 Å². The highest BCUT2D eigenvalue weighted by molar-refractivity contribution is 7.98. The van der Waals surface area contributed by atoms with Crippen molar-refractivity contribution in [3.8, 4) is 40.1 Å². The topological polar surface area (TPSA) is 96.7 Å². The second-order valence-corrected chi connectivity index (χ2v) is 10.4. The number of aromatic nitrogens is 3. The maximum Gasteiger partial charge on any atom is 0.251 e. The van der Waals surface area contributed by atoms with Crippen molar-refractivity contribution in [2.24, 2.45) is 0 Å². The molecule has 0 atom stereocenters. The highest BCUT2D eigenvalue weighted by Crippen LogP contribution is 2.33. The average molecular weight is 581 g/mol. The van der Waals surface area contributed by atoms with E-state index in [0.717, 1.165) is 44.8 Å². The average Bonchev–Trinajstić information content (AvgIpc) is 3.70. The summed E-state index contributed by atoms with van der Waals surface area (Å²) in [5, 5.41) is 12.8. The predicted octanol–water partition coefficient (Wildman–Crippen LogP) is 5.90. The van der Waals surface area contributed by atoms with Crippen LogP contribution in [-0.2, 0) is 12.3 Å². The Balaban J connectivity index is 1.16. The molecule has 1 N–H and O–H groups in total. The van der Waals surface area contributed by atoms with E-state index in [1.807, 2.05) is 95.6 Å². The Morgan fingerprint density at radius 3 is 2.40 bits per heavy atom. The van der Waals surface area contributed by atoms with Gasteiger partial charge in [-0.1, -0.05) is 42.1 Å². The molecule has 42 heavy (non-hydrogen) atoms. The molecular weight excluding hydrogens is 552 g/mol. The molecule has 4 aromatic carbocycles. The van der Waals surface area contributed by atoms with Gasteiger partial charge in [-0.2, -0.15) is 0 Å². The lowest BCUT2D eigenvalue weighted by atomic mass is 10.1. The van der Waals surface area contributed by atoms with E-state index in [2.05, 4.69) is 15.5 Å². The molecular formula is C32H28N4O5S. The summed E-state index contributed by atoms with van der Waals surface area (Å²) in [7, 11) is 3.29. The summed E-state index contributed by atoms with van der Waals surface area (Å²) in [6.07, 6.45) is 0. The van der Waals surface area contributed by atoms with Gasteiger partial charge in [0.15, 0.2) is 22.5 Å². The molecule has 0 saturated carbocycles. The second-order valence-electron chi connectivity index (χ2n) is 9.43. The zero-order valence-electron chi connectivity index (χ0n) is 23.1. The standard InChI is InChI=1S/C32H28N4O5S/c1-38-26-13-11-25(12-14-26)36-30(24-4-3-5-27(17-24)39-2)34-35-32(36)42-19-21-6-9-23(10-7-21)31(37)33-18-22-8-15-28-29(16-22)41-20-40-28/h3-17H,18-20H2,1-2H3,(H,33,37). The van der Waals surface area contributed by atoms with Crippen molar-refractivity contribution in [1.29, 1.82) is 0 Å². The summed E-state index contributed by atoms with van der Waals surface area (Å²) < 4.78 is 23.6. The van der Waals surface area contributed by atoms with Crippen molar-refractivity contribution in [3.63, 3.8) is 0 Å². The van der Waals surface area contributed by atoms with E-state index in [1.54, 1.807) is 26.0 Å². The van der Waals surface area contributed by atoms with Crippen molar-refractivity contribution in [2.45, 2.75) is 17.5 Å². The van der Waals surface area contributed by atoms with Crippen molar-refractivity contribution in [2.75, 3.05) is 21.0 Å². The number of fused-ring (bicyclic) bond motifs is 1. The number of methoxy groups -OCH3 is 2. The number of rotatable bonds is 10. The van der Waals surface area contributed by atoms with Crippen LogP contribution < -0.4 is 24.3 Å². The molecule has 5 aromatic rings. The van der Waals surface area contributed by atoms with Gasteiger partial charge in [-0.15, -0.1) is 10.2 Å². The van der Waals surface area contributed by atoms with E-state index < -0.39 is 0 Å². The van der Waals surface area contributed by atoms with Gasteiger partial charge in [0.2, 0.25) is 6.79 Å². The van der Waals surface area contributed by atoms with Gasteiger partial charge in [0.25, 0.3) is 5.91 Å². The third-order valence-electron chi connectivity index (χ3n) is 6.77. The van der Waals surface area contributed by atoms with Crippen molar-refractivity contribution in [3.05, 3.63) is 108 Å². The molecule has 212 valence electrons. The summed E-state index contributed by atoms with van der Waals surface area (Å²) in [5.41, 5.74) is 4.39. The fraction of sp³-hybridized carbons (Fsp3) is 0.156. The number of carbonyl (C=O) groups excluding carboxylic acids is 1. The molecule has 0 bridgehead atoms. The van der Waals surface area contributed by atoms with Gasteiger partial charge in [-0.25, -0.2) is 0 Å². The van der Waals surface area contributed by atoms with Crippen LogP contribution in [0, 0.1) is 0 Å². The number of carbonyl (C=O) groups is 1. The minimum Gasteiger partial charge on any atom is -0.497 e. The molecule has 0 spiro atoms. The maximum absolute atomic E-state index is 12.8. The molecule has 2 heterocycles. The minimum atomic E-state index is -0.144. The third-order valence-corrected chi connectivity index (χ3v) is 7.77. The van der Waals surface area contributed by atoms with Crippen LogP contribution in [0.3, 0.4) is 0 Å². The molecule has 0 radical (unpaired) electrons. The van der Waals surface area contributed by atoms with Crippen LogP contribution in [0.4, 0.5) is 0 Å². The van der Waals surface area contributed by atoms with Crippen LogP contribution >= 0.6 is 11.8 Å². The lowest BCUT2D eigenvalue weighted by molar-refractivity contribution is 0.0951. The zero-order chi connectivity index (χ0) is 28.9. The van der Waals surface area contributed by atoms with Gasteiger partial charge < -0.3 is 24.3 Å². The van der Waals surface area contributed by atoms with Crippen LogP contribution in [0.15, 0.2) is 96.2 Å². The largest absolute Gasteiger partial charge is 0.497 e. The number of amides is 1. The van der Waals surface area contributed by atoms with Crippen LogP contribution in [-0.4, -0.2) is 41.7 Å². The van der Waals surface area contributed by atoms with Crippen molar-refractivity contribution in [1.82, 2.24) is 20.1 Å². The Hall–Kier alpha value is -4.96. The first kappa shape index (κ1) is 27.2. The van der Waals surface area contributed by atoms with E-state index in [4.69, 9.17) is 18.9 Å². The number of ether oxygens (including phenoxy) is 4. The fourth-order valence-corrected chi connectivity index (χ4v) is 5.42. The van der Waals surface area contributed by atoms with Crippen molar-refractivity contribution >= 4 is 17.7 Å². The normalized spacial score (nSPS) is 11.8. The molecule has 9 nitrogen and oxygen atoms in total. The zero-order valence-corrected chi connectivity index (χ0v) is 23.9. The minimum absolute atomic E-state index is 0.144. The Morgan fingerprint density at radius 1 is 0.857 bits per heavy atom. The molecule has 0 aliphatic carbocycles. The maximum atomic E-state index is 12.8. The Morgan fingerprint density at radius 2 is 1.62 bits per heavy atom. The van der Waals surface area contributed by atoms with Crippen LogP contribution in [0.2, 0.25) is 0 Å². The molecule has 1 aromatic heterocycles. The number of benzene rings is 4. The number of nitrogens with zero attached hydrogens (tertiary/aromatic N) is 3. The molecule has 1 aliphatic rings. The molecule has 0 saturated heterocycles. The molecule has 1 aliphatic heterocycles. The monoisotopic (exact) mass is 580 g/mol. The Labute approximate surface area is 247 Å². The first-order chi connectivity index (χ1) is 20.6. The third kappa shape index (κ3) is 5.89. The van der Waals surface area contributed by atoms with E-state index in [1.165, 1.54) is 0 Å². The first-order valence-corrected chi connectivity index (χ1v) is 14.2. The lowest BCUT2D eigenvalue weighted by Gasteiger charge is -2.12. The molecule has 1 amide bonds. The van der Waals surface area contributed by atoms with Gasteiger partial charge >= 0.3 is 0 Å². The molecule has 10 heteroatoms. The SMILES string of the molecule is COc1ccc(-n2c(SCc3ccc(C(=O)NCc4ccc5c(c4)OCO5)cc3)nnc2-c2cccc(OC)c2)cc1. The summed E-state index contributed by atoms with van der Waals surface area (Å²) >= 11 is 1.57. The lowest BCUT2D eigenvalue weighted by Crippen LogP contribution is -2.22. The van der Waals surface area contributed by atoms with Crippen molar-refractivity contribution < 1.29 is 23.7 Å². The summed E-state index contributed by atoms with van der Waals surface area (Å²) in [5.74, 6) is 4.13. The fourth-order valence-electron chi connectivity index (χ4n) is 4.51. The Kier molecular flexibility index (Phi) is 7.96. The quantitative estimate of drug-likeness (QED) is 0.204. The number of thioether (sulfide) groups is 1. The van der Waals surface area contributed by atoms with E-state index in [9.17, 15) is 4.79 Å². The van der Waals surface area contributed by atoms with E-state index in [0.29, 0.717) is 29.4 Å². The van der Waals surface area contributed by atoms with Gasteiger partial charge in [-0.05, 0) is 71.8 Å². The van der Waals surface area contributed by atoms with E-state index in [-0.39, 0.29) is 12.7 Å². The molecule has 0 unspecified atom stereocenters. The van der Waals surface area contributed by atoms with Gasteiger partial charge in [-0.3, -0.25) is 9.36 Å². The van der Waals surface area contributed by atoms with Crippen LogP contribution in [0.25, 0.3) is 17.1 Å². The van der Waals surface area contributed by atoms with Gasteiger partial charge in [0.05, 0.1) is 14.2 Å². The van der Waals surface area contributed by atoms with Gasteiger partial charge in [0, 0.05) is 29.1 Å². The van der Waals surface area contributed by atoms with E-state index >= 15 is 0 Å². The Bertz CT molecular complexity index is 1700. The van der Waals surface area contributed by atoms with Crippen LogP contribution in [0.5, 0.6) is 23.0 Å². The number of hydrogen-bond acceptors (Lipinski definition) is 8. The summed E-state index contributed by atoms with van der Waals surface area (Å²) in [6.45, 7) is 0.614. The predicted molar refractivity (Wildman–Crippen MR) is 160 cm³/mol. The second kappa shape index (κ2) is 12.3. The molecule has 0 fully saturated rings. The summed E-state index contributed by atoms with van der Waals surface area (Å²) in [4.78, 5) is 12.8. The molecule has 6 rings (SSSR count). The number of hydrogen-bond donors (Lipinski definition) is 1. The number of nitrogens with one attached hydrogen (secondary N) is 1.